The van der Waals surface area contributed by atoms with Gasteiger partial charge in [0.15, 0.2) is 11.9 Å². The summed E-state index contributed by atoms with van der Waals surface area (Å²) >= 11 is 0. The molecule has 3 N–H and O–H groups in total. The van der Waals surface area contributed by atoms with Crippen LogP contribution in [0, 0.1) is 11.8 Å². The molecule has 1 aromatic carbocycles. The number of rotatable bonds is 18. The number of hydrogen-bond donors (Lipinski definition) is 2. The van der Waals surface area contributed by atoms with Gasteiger partial charge in [0.05, 0.1) is 25.3 Å². The number of nitrogens with one attached hydrogen (secondary N) is 1. The van der Waals surface area contributed by atoms with E-state index in [4.69, 9.17) is 43.2 Å². The maximum absolute atomic E-state index is 17.3. The van der Waals surface area contributed by atoms with E-state index in [1.807, 2.05) is 27.7 Å². The van der Waals surface area contributed by atoms with Crippen molar-refractivity contribution in [2.75, 3.05) is 32.7 Å². The molecule has 16 nitrogen and oxygen atoms in total. The number of nitrogens with zero attached hydrogens (tertiary/aromatic N) is 3. The molecule has 0 radical (unpaired) electrons. The largest absolute Gasteiger partial charge is 0.466 e. The predicted molar refractivity (Wildman–Crippen MR) is 183 cm³/mol. The van der Waals surface area contributed by atoms with Crippen LogP contribution in [-0.2, 0) is 52.7 Å². The van der Waals surface area contributed by atoms with Crippen molar-refractivity contribution < 1.29 is 56.0 Å². The molecule has 2 aromatic heterocycles. The van der Waals surface area contributed by atoms with Crippen molar-refractivity contribution in [3.8, 4) is 5.75 Å². The van der Waals surface area contributed by atoms with E-state index in [0.717, 1.165) is 0 Å². The first kappa shape index (κ1) is 39.5. The number of esters is 2. The molecule has 0 spiro atoms. The average Bonchev–Trinajstić information content (AvgIpc) is 3.79. The Kier molecular flexibility index (Phi) is 12.6. The molecule has 2 saturated heterocycles. The molecule has 2 aliphatic heterocycles. The number of carbonyl (C=O) groups is 2. The lowest BCUT2D eigenvalue weighted by atomic mass is 9.93. The van der Waals surface area contributed by atoms with Gasteiger partial charge >= 0.3 is 19.7 Å². The number of aromatic nitrogens is 3. The lowest BCUT2D eigenvalue weighted by molar-refractivity contribution is -0.302. The summed E-state index contributed by atoms with van der Waals surface area (Å²) in [5.41, 5.74) is 5.23. The summed E-state index contributed by atoms with van der Waals surface area (Å²) in [4.78, 5) is 30.3. The number of benzene rings is 1. The van der Waals surface area contributed by atoms with Gasteiger partial charge in [-0.2, -0.15) is 10.2 Å². The van der Waals surface area contributed by atoms with Crippen LogP contribution in [0.15, 0.2) is 48.8 Å². The molecule has 4 heterocycles. The topological polar surface area (TPSA) is 193 Å². The number of methoxy groups -OCH3 is 1. The first-order valence-electron chi connectivity index (χ1n) is 17.1. The minimum absolute atomic E-state index is 0.0356. The van der Waals surface area contributed by atoms with E-state index >= 15 is 4.39 Å². The normalized spacial score (nSPS) is 26.0. The van der Waals surface area contributed by atoms with Gasteiger partial charge in [-0.3, -0.25) is 14.1 Å². The van der Waals surface area contributed by atoms with Gasteiger partial charge in [0.2, 0.25) is 0 Å². The van der Waals surface area contributed by atoms with E-state index in [9.17, 15) is 14.2 Å². The standard InChI is InChI=1S/C34H47FN5O11P/c1-21(2)14-16-45-27(41)18-24(31(42)46-17-15-22(3)4)39-52(43,50-23-10-8-7-9-11-23)47-19-34(35)29-28(48-32(44-6)49-29)33(5,51-34)26-13-12-25-30(36)37-20-38-40(25)26/h7-13,20-22,24,28-29,32H,14-19H2,1-6H3,(H,39,43)(H2,36,37,38)/t24-,28+,29-,32?,33-,34+,52?/m0/s1. The Hall–Kier alpha value is -3.70. The minimum atomic E-state index is -4.75. The molecule has 2 unspecified atom stereocenters. The number of ether oxygens (including phenoxy) is 6. The van der Waals surface area contributed by atoms with Crippen molar-refractivity contribution >= 4 is 31.0 Å². The van der Waals surface area contributed by atoms with Crippen LogP contribution < -0.4 is 15.3 Å². The number of carbonyl (C=O) groups excluding carboxylic acids is 2. The fourth-order valence-corrected chi connectivity index (χ4v) is 7.27. The van der Waals surface area contributed by atoms with E-state index in [0.29, 0.717) is 24.1 Å². The SMILES string of the molecule is COC1O[C@@H]2[C@H](O1)[C@@](F)(COP(=O)(N[C@@H](CC(=O)OCCC(C)C)C(=O)OCCC(C)C)Oc1ccccc1)O[C@@]2(C)c1ccc2c(N)ncnn12. The number of alkyl halides is 1. The molecule has 2 aliphatic rings. The van der Waals surface area contributed by atoms with Crippen LogP contribution in [0.5, 0.6) is 5.75 Å². The molecule has 0 amide bonds. The fraction of sp³-hybridized carbons (Fsp3) is 0.588. The Morgan fingerprint density at radius 3 is 2.38 bits per heavy atom. The Morgan fingerprint density at radius 1 is 1.04 bits per heavy atom. The molecule has 0 bridgehead atoms. The predicted octanol–water partition coefficient (Wildman–Crippen LogP) is 4.67. The summed E-state index contributed by atoms with van der Waals surface area (Å²) in [5.74, 6) is -3.79. The number of nitrogens with two attached hydrogens (primary N) is 1. The van der Waals surface area contributed by atoms with Gasteiger partial charge in [-0.25, -0.2) is 18.5 Å². The van der Waals surface area contributed by atoms with Gasteiger partial charge in [-0.15, -0.1) is 0 Å². The molecule has 18 heteroatoms. The quantitative estimate of drug-likeness (QED) is 0.134. The lowest BCUT2D eigenvalue weighted by Crippen LogP contribution is -2.44. The highest BCUT2D eigenvalue weighted by Crippen LogP contribution is 2.54. The summed E-state index contributed by atoms with van der Waals surface area (Å²) in [5, 5.41) is 6.79. The third kappa shape index (κ3) is 9.08. The number of hydrogen-bond acceptors (Lipinski definition) is 14. The maximum atomic E-state index is 17.3. The number of nitrogen functional groups attached to an aromatic ring is 1. The third-order valence-electron chi connectivity index (χ3n) is 8.59. The van der Waals surface area contributed by atoms with Crippen LogP contribution in [0.2, 0.25) is 0 Å². The average molecular weight is 752 g/mol. The first-order valence-corrected chi connectivity index (χ1v) is 18.6. The summed E-state index contributed by atoms with van der Waals surface area (Å²) < 4.78 is 78.7. The van der Waals surface area contributed by atoms with E-state index in [-0.39, 0.29) is 36.6 Å². The van der Waals surface area contributed by atoms with E-state index in [2.05, 4.69) is 15.2 Å². The number of anilines is 1. The summed E-state index contributed by atoms with van der Waals surface area (Å²) in [6, 6.07) is 9.62. The Bertz CT molecular complexity index is 1730. The van der Waals surface area contributed by atoms with Crippen molar-refractivity contribution in [2.24, 2.45) is 11.8 Å². The fourth-order valence-electron chi connectivity index (χ4n) is 5.76. The number of para-hydroxylation sites is 1. The van der Waals surface area contributed by atoms with E-state index in [1.165, 1.54) is 30.1 Å². The zero-order valence-electron chi connectivity index (χ0n) is 30.1. The molecule has 7 atom stereocenters. The van der Waals surface area contributed by atoms with Crippen LogP contribution in [0.4, 0.5) is 10.2 Å². The Labute approximate surface area is 301 Å². The second-order valence-corrected chi connectivity index (χ2v) is 15.3. The highest BCUT2D eigenvalue weighted by Gasteiger charge is 2.69. The van der Waals surface area contributed by atoms with Gasteiger partial charge in [-0.05, 0) is 55.9 Å². The molecule has 2 fully saturated rings. The maximum Gasteiger partial charge on any atom is 0.459 e. The monoisotopic (exact) mass is 751 g/mol. The summed E-state index contributed by atoms with van der Waals surface area (Å²) in [7, 11) is -3.43. The van der Waals surface area contributed by atoms with Crippen LogP contribution in [0.3, 0.4) is 0 Å². The molecule has 0 aliphatic carbocycles. The molecule has 5 rings (SSSR count). The zero-order chi connectivity index (χ0) is 37.7. The second-order valence-electron chi connectivity index (χ2n) is 13.6. The van der Waals surface area contributed by atoms with Crippen molar-refractivity contribution in [2.45, 2.75) is 90.1 Å². The van der Waals surface area contributed by atoms with Gasteiger partial charge in [0.1, 0.15) is 41.9 Å². The Balaban J connectivity index is 1.43. The van der Waals surface area contributed by atoms with Crippen molar-refractivity contribution in [1.29, 1.82) is 0 Å². The highest BCUT2D eigenvalue weighted by atomic mass is 31.2. The molecular formula is C34H47FN5O11P. The molecule has 3 aromatic rings. The van der Waals surface area contributed by atoms with E-state index < -0.39 is 68.9 Å². The third-order valence-corrected chi connectivity index (χ3v) is 10.1. The van der Waals surface area contributed by atoms with Gasteiger partial charge < -0.3 is 38.7 Å². The summed E-state index contributed by atoms with van der Waals surface area (Å²) in [6.07, 6.45) is -0.823. The number of halogens is 1. The van der Waals surface area contributed by atoms with Gasteiger partial charge in [0.25, 0.3) is 12.3 Å². The lowest BCUT2D eigenvalue weighted by Gasteiger charge is -2.32. The zero-order valence-corrected chi connectivity index (χ0v) is 31.0. The van der Waals surface area contributed by atoms with Crippen LogP contribution >= 0.6 is 7.75 Å². The second kappa shape index (κ2) is 16.5. The minimum Gasteiger partial charge on any atom is -0.466 e. The molecule has 0 saturated carbocycles. The highest BCUT2D eigenvalue weighted by molar-refractivity contribution is 7.52. The smallest absolute Gasteiger partial charge is 0.459 e. The Morgan fingerprint density at radius 2 is 1.71 bits per heavy atom. The van der Waals surface area contributed by atoms with Crippen molar-refractivity contribution in [3.63, 3.8) is 0 Å². The first-order chi connectivity index (χ1) is 24.7. The summed E-state index contributed by atoms with van der Waals surface area (Å²) in [6.45, 7) is 7.23. The van der Waals surface area contributed by atoms with Crippen molar-refractivity contribution in [1.82, 2.24) is 19.7 Å². The van der Waals surface area contributed by atoms with E-state index in [1.54, 1.807) is 37.3 Å². The van der Waals surface area contributed by atoms with Crippen molar-refractivity contribution in [3.05, 3.63) is 54.5 Å². The van der Waals surface area contributed by atoms with Gasteiger partial charge in [-0.1, -0.05) is 45.9 Å². The van der Waals surface area contributed by atoms with Gasteiger partial charge in [0, 0.05) is 7.11 Å². The van der Waals surface area contributed by atoms with Crippen LogP contribution in [-0.4, -0.2) is 84.0 Å². The molecule has 286 valence electrons. The van der Waals surface area contributed by atoms with Crippen LogP contribution in [0.25, 0.3) is 5.52 Å². The molecular weight excluding hydrogens is 704 g/mol. The molecule has 52 heavy (non-hydrogen) atoms. The number of fused-ring (bicyclic) bond motifs is 2. The van der Waals surface area contributed by atoms with Crippen LogP contribution in [0.1, 0.15) is 59.6 Å².